The van der Waals surface area contributed by atoms with Gasteiger partial charge in [-0.2, -0.15) is 23.4 Å². The summed E-state index contributed by atoms with van der Waals surface area (Å²) in [6.45, 7) is 0. The number of aryl methyl sites for hydroxylation is 2. The van der Waals surface area contributed by atoms with Crippen LogP contribution < -0.4 is 15.6 Å². The lowest BCUT2D eigenvalue weighted by atomic mass is 10.2. The number of fused-ring (bicyclic) bond motifs is 2. The SMILES string of the molecule is Cn1cc(C(F)(F)F)cc(Nc2nc3ncc(Oc4cnc5[nH]cc(F)c5c4)c(C#N)c3n2C)c1=O. The average Bonchev–Trinajstić information content (AvgIpc) is 3.35. The zero-order valence-corrected chi connectivity index (χ0v) is 18.5. The number of nitrogens with zero attached hydrogens (tertiary/aromatic N) is 6. The number of rotatable bonds is 4. The van der Waals surface area contributed by atoms with Crippen LogP contribution in [0, 0.1) is 17.1 Å². The molecule has 5 aromatic rings. The first kappa shape index (κ1) is 22.8. The molecule has 0 saturated carbocycles. The fourth-order valence-electron chi connectivity index (χ4n) is 3.66. The molecule has 5 rings (SSSR count). The van der Waals surface area contributed by atoms with Crippen molar-refractivity contribution in [3.63, 3.8) is 0 Å². The summed E-state index contributed by atoms with van der Waals surface area (Å²) in [5, 5.41) is 12.6. The summed E-state index contributed by atoms with van der Waals surface area (Å²) in [5.74, 6) is -0.390. The Morgan fingerprint density at radius 1 is 1.19 bits per heavy atom. The molecule has 0 atom stereocenters. The molecule has 10 nitrogen and oxygen atoms in total. The Balaban J connectivity index is 1.56. The monoisotopic (exact) mass is 498 g/mol. The molecule has 0 aliphatic carbocycles. The van der Waals surface area contributed by atoms with Crippen LogP contribution in [0.15, 0.2) is 41.7 Å². The van der Waals surface area contributed by atoms with E-state index in [2.05, 4.69) is 25.3 Å². The van der Waals surface area contributed by atoms with Gasteiger partial charge in [0.05, 0.1) is 23.3 Å². The molecule has 0 radical (unpaired) electrons. The van der Waals surface area contributed by atoms with E-state index >= 15 is 0 Å². The Labute approximate surface area is 198 Å². The maximum Gasteiger partial charge on any atom is 0.417 e. The Morgan fingerprint density at radius 2 is 1.97 bits per heavy atom. The Morgan fingerprint density at radius 3 is 2.69 bits per heavy atom. The molecule has 2 N–H and O–H groups in total. The van der Waals surface area contributed by atoms with Crippen molar-refractivity contribution >= 4 is 33.8 Å². The predicted molar refractivity (Wildman–Crippen MR) is 119 cm³/mol. The van der Waals surface area contributed by atoms with Gasteiger partial charge in [0.15, 0.2) is 11.4 Å². The van der Waals surface area contributed by atoms with Crippen LogP contribution in [0.2, 0.25) is 0 Å². The highest BCUT2D eigenvalue weighted by Crippen LogP contribution is 2.33. The minimum atomic E-state index is -4.67. The van der Waals surface area contributed by atoms with Crippen molar-refractivity contribution in [1.29, 1.82) is 5.26 Å². The first-order valence-electron chi connectivity index (χ1n) is 10.2. The summed E-state index contributed by atoms with van der Waals surface area (Å²) in [5.41, 5.74) is -1.50. The number of H-pyrrole nitrogens is 1. The molecule has 0 unspecified atom stereocenters. The maximum absolute atomic E-state index is 13.9. The highest BCUT2D eigenvalue weighted by molar-refractivity contribution is 5.84. The summed E-state index contributed by atoms with van der Waals surface area (Å²) < 4.78 is 61.5. The van der Waals surface area contributed by atoms with E-state index in [-0.39, 0.29) is 45.2 Å². The van der Waals surface area contributed by atoms with E-state index in [9.17, 15) is 27.6 Å². The molecule has 0 aliphatic heterocycles. The van der Waals surface area contributed by atoms with E-state index in [0.29, 0.717) is 17.9 Å². The largest absolute Gasteiger partial charge is 0.453 e. The molecule has 0 bridgehead atoms. The lowest BCUT2D eigenvalue weighted by Crippen LogP contribution is -2.23. The highest BCUT2D eigenvalue weighted by atomic mass is 19.4. The van der Waals surface area contributed by atoms with Crippen molar-refractivity contribution in [2.75, 3.05) is 5.32 Å². The van der Waals surface area contributed by atoms with Gasteiger partial charge in [-0.1, -0.05) is 0 Å². The smallest absolute Gasteiger partial charge is 0.417 e. The molecule has 0 aliphatic rings. The number of nitrogens with one attached hydrogen (secondary N) is 2. The van der Waals surface area contributed by atoms with Gasteiger partial charge < -0.3 is 24.2 Å². The average molecular weight is 498 g/mol. The van der Waals surface area contributed by atoms with Crippen molar-refractivity contribution in [3.8, 4) is 17.6 Å². The van der Waals surface area contributed by atoms with Gasteiger partial charge in [-0.25, -0.2) is 14.4 Å². The van der Waals surface area contributed by atoms with Gasteiger partial charge in [0.25, 0.3) is 5.56 Å². The molecule has 0 spiro atoms. The van der Waals surface area contributed by atoms with Crippen LogP contribution in [0.25, 0.3) is 22.2 Å². The van der Waals surface area contributed by atoms with Crippen LogP contribution in [0.3, 0.4) is 0 Å². The molecule has 0 amide bonds. The number of ether oxygens (including phenoxy) is 1. The minimum absolute atomic E-state index is 0.00892. The molecule has 0 aromatic carbocycles. The quantitative estimate of drug-likeness (QED) is 0.357. The van der Waals surface area contributed by atoms with Crippen LogP contribution in [-0.2, 0) is 20.3 Å². The Hall–Kier alpha value is -4.93. The van der Waals surface area contributed by atoms with E-state index < -0.39 is 23.1 Å². The minimum Gasteiger partial charge on any atom is -0.453 e. The third-order valence-corrected chi connectivity index (χ3v) is 5.42. The Kier molecular flexibility index (Phi) is 5.13. The van der Waals surface area contributed by atoms with Gasteiger partial charge >= 0.3 is 6.18 Å². The van der Waals surface area contributed by atoms with E-state index in [1.807, 2.05) is 6.07 Å². The normalized spacial score (nSPS) is 11.7. The van der Waals surface area contributed by atoms with Gasteiger partial charge in [-0.3, -0.25) is 4.79 Å². The van der Waals surface area contributed by atoms with E-state index in [0.717, 1.165) is 10.8 Å². The molecule has 0 fully saturated rings. The lowest BCUT2D eigenvalue weighted by Gasteiger charge is -2.12. The fourth-order valence-corrected chi connectivity index (χ4v) is 3.66. The molecule has 5 heterocycles. The standard InChI is InChI=1S/C22H14F4N8O2/c1-33-9-10(22(24,25)26)3-15(20(33)35)31-21-32-19-17(34(21)2)13(5-27)16(8-30-19)36-11-4-12-14(23)7-29-18(12)28-6-11/h3-4,6-9H,1-2H3,(H,28,29)(H,30,31,32). The number of nitriles is 1. The summed E-state index contributed by atoms with van der Waals surface area (Å²) in [6.07, 6.45) is -0.260. The second-order valence-corrected chi connectivity index (χ2v) is 7.76. The van der Waals surface area contributed by atoms with E-state index in [1.165, 1.54) is 37.1 Å². The van der Waals surface area contributed by atoms with Crippen molar-refractivity contribution < 1.29 is 22.3 Å². The van der Waals surface area contributed by atoms with Crippen LogP contribution in [0.4, 0.5) is 29.2 Å². The van der Waals surface area contributed by atoms with Gasteiger partial charge in [0.2, 0.25) is 5.95 Å². The molecular formula is C22H14F4N8O2. The van der Waals surface area contributed by atoms with Gasteiger partial charge in [0, 0.05) is 26.5 Å². The third-order valence-electron chi connectivity index (χ3n) is 5.42. The first-order valence-corrected chi connectivity index (χ1v) is 10.2. The number of anilines is 2. The number of pyridine rings is 3. The van der Waals surface area contributed by atoms with Crippen molar-refractivity contribution in [1.82, 2.24) is 29.1 Å². The second-order valence-electron chi connectivity index (χ2n) is 7.76. The summed E-state index contributed by atoms with van der Waals surface area (Å²) in [6, 6.07) is 4.08. The molecule has 0 saturated heterocycles. The highest BCUT2D eigenvalue weighted by Gasteiger charge is 2.32. The molecule has 5 aromatic heterocycles. The second kappa shape index (κ2) is 8.08. The number of hydrogen-bond acceptors (Lipinski definition) is 7. The zero-order chi connectivity index (χ0) is 25.8. The van der Waals surface area contributed by atoms with Gasteiger partial charge in [-0.15, -0.1) is 0 Å². The van der Waals surface area contributed by atoms with E-state index in [4.69, 9.17) is 4.74 Å². The van der Waals surface area contributed by atoms with Crippen molar-refractivity contribution in [2.45, 2.75) is 6.18 Å². The lowest BCUT2D eigenvalue weighted by molar-refractivity contribution is -0.138. The molecule has 182 valence electrons. The van der Waals surface area contributed by atoms with Crippen molar-refractivity contribution in [3.05, 3.63) is 64.2 Å². The predicted octanol–water partition coefficient (Wildman–Crippen LogP) is 4.11. The van der Waals surface area contributed by atoms with Crippen LogP contribution in [-0.4, -0.2) is 29.1 Å². The van der Waals surface area contributed by atoms with Crippen LogP contribution in [0.5, 0.6) is 11.5 Å². The van der Waals surface area contributed by atoms with Crippen LogP contribution >= 0.6 is 0 Å². The number of halogens is 4. The topological polar surface area (TPSA) is 126 Å². The third kappa shape index (κ3) is 3.76. The van der Waals surface area contributed by atoms with Gasteiger partial charge in [-0.05, 0) is 12.1 Å². The van der Waals surface area contributed by atoms with Gasteiger partial charge in [0.1, 0.15) is 40.1 Å². The zero-order valence-electron chi connectivity index (χ0n) is 18.5. The number of aromatic nitrogens is 6. The summed E-state index contributed by atoms with van der Waals surface area (Å²) >= 11 is 0. The molecule has 36 heavy (non-hydrogen) atoms. The van der Waals surface area contributed by atoms with Crippen LogP contribution in [0.1, 0.15) is 11.1 Å². The number of imidazole rings is 1. The van der Waals surface area contributed by atoms with E-state index in [1.54, 1.807) is 0 Å². The summed E-state index contributed by atoms with van der Waals surface area (Å²) in [4.78, 5) is 27.5. The molecular weight excluding hydrogens is 484 g/mol. The first-order chi connectivity index (χ1) is 17.1. The molecule has 14 heteroatoms. The van der Waals surface area contributed by atoms with Crippen molar-refractivity contribution in [2.24, 2.45) is 14.1 Å². The summed E-state index contributed by atoms with van der Waals surface area (Å²) in [7, 11) is 2.69. The number of alkyl halides is 3. The number of hydrogen-bond donors (Lipinski definition) is 2. The fraction of sp³-hybridized carbons (Fsp3) is 0.136. The number of aromatic amines is 1. The maximum atomic E-state index is 13.9. The Bertz CT molecular complexity index is 1760.